The van der Waals surface area contributed by atoms with Crippen molar-refractivity contribution in [1.29, 1.82) is 0 Å². The molecule has 2 heteroatoms. The summed E-state index contributed by atoms with van der Waals surface area (Å²) >= 11 is 0. The molecule has 0 radical (unpaired) electrons. The molecule has 126 valence electrons. The number of rotatable bonds is 14. The Morgan fingerprint density at radius 3 is 1.77 bits per heavy atom. The molecule has 2 N–H and O–H groups in total. The Morgan fingerprint density at radius 1 is 0.727 bits per heavy atom. The van der Waals surface area contributed by atoms with Crippen molar-refractivity contribution in [2.45, 2.75) is 84.1 Å². The molecule has 2 nitrogen and oxygen atoms in total. The van der Waals surface area contributed by atoms with E-state index in [1.807, 2.05) is 12.1 Å². The van der Waals surface area contributed by atoms with Gasteiger partial charge < -0.3 is 10.4 Å². The summed E-state index contributed by atoms with van der Waals surface area (Å²) in [6, 6.07) is 7.45. The third-order valence-corrected chi connectivity index (χ3v) is 4.22. The maximum atomic E-state index is 9.22. The maximum absolute atomic E-state index is 9.22. The normalized spacial score (nSPS) is 11.0. The van der Waals surface area contributed by atoms with Crippen molar-refractivity contribution >= 4 is 0 Å². The average molecular weight is 306 g/mol. The molecule has 0 fully saturated rings. The van der Waals surface area contributed by atoms with Crippen molar-refractivity contribution in [3.05, 3.63) is 29.8 Å². The smallest absolute Gasteiger partial charge is 0.115 e. The molecule has 0 saturated heterocycles. The molecule has 1 aromatic rings. The van der Waals surface area contributed by atoms with Gasteiger partial charge in [0.15, 0.2) is 0 Å². The van der Waals surface area contributed by atoms with Crippen LogP contribution in [0.3, 0.4) is 0 Å². The number of hydrogen-bond donors (Lipinski definition) is 2. The third kappa shape index (κ3) is 10.7. The van der Waals surface area contributed by atoms with E-state index in [2.05, 4.69) is 12.2 Å². The van der Waals surface area contributed by atoms with E-state index >= 15 is 0 Å². The van der Waals surface area contributed by atoms with Gasteiger partial charge in [-0.25, -0.2) is 0 Å². The Labute approximate surface area is 137 Å². The van der Waals surface area contributed by atoms with E-state index in [4.69, 9.17) is 0 Å². The number of phenols is 1. The molecule has 0 saturated carbocycles. The van der Waals surface area contributed by atoms with Crippen molar-refractivity contribution in [3.63, 3.8) is 0 Å². The first-order chi connectivity index (χ1) is 10.8. The first-order valence-corrected chi connectivity index (χ1v) is 9.31. The van der Waals surface area contributed by atoms with Crippen LogP contribution in [-0.2, 0) is 6.54 Å². The van der Waals surface area contributed by atoms with E-state index in [1.54, 1.807) is 12.1 Å². The summed E-state index contributed by atoms with van der Waals surface area (Å²) in [5, 5.41) is 12.7. The van der Waals surface area contributed by atoms with Gasteiger partial charge in [0.1, 0.15) is 5.75 Å². The standard InChI is InChI=1S/C20H35NO/c1-2-3-4-5-6-7-8-9-10-11-12-17-21-18-19-13-15-20(22)16-14-19/h13-16,21-22H,2-12,17-18H2,1H3. The van der Waals surface area contributed by atoms with Gasteiger partial charge in [0, 0.05) is 6.54 Å². The number of phenolic OH excluding ortho intramolecular Hbond substituents is 1. The lowest BCUT2D eigenvalue weighted by Gasteiger charge is -2.05. The fourth-order valence-electron chi connectivity index (χ4n) is 2.76. The fourth-order valence-corrected chi connectivity index (χ4v) is 2.76. The molecule has 0 spiro atoms. The highest BCUT2D eigenvalue weighted by Crippen LogP contribution is 2.11. The summed E-state index contributed by atoms with van der Waals surface area (Å²) < 4.78 is 0. The van der Waals surface area contributed by atoms with Crippen molar-refractivity contribution in [3.8, 4) is 5.75 Å². The lowest BCUT2D eigenvalue weighted by atomic mass is 10.1. The largest absolute Gasteiger partial charge is 0.508 e. The van der Waals surface area contributed by atoms with Crippen molar-refractivity contribution in [2.75, 3.05) is 6.54 Å². The molecule has 22 heavy (non-hydrogen) atoms. The van der Waals surface area contributed by atoms with Crippen molar-refractivity contribution < 1.29 is 5.11 Å². The topological polar surface area (TPSA) is 32.3 Å². The molecule has 0 bridgehead atoms. The van der Waals surface area contributed by atoms with E-state index < -0.39 is 0 Å². The van der Waals surface area contributed by atoms with Crippen LogP contribution in [0.25, 0.3) is 0 Å². The van der Waals surface area contributed by atoms with Gasteiger partial charge in [0.2, 0.25) is 0 Å². The predicted octanol–water partition coefficient (Wildman–Crippen LogP) is 5.79. The Morgan fingerprint density at radius 2 is 1.23 bits per heavy atom. The van der Waals surface area contributed by atoms with Crippen LogP contribution in [0.4, 0.5) is 0 Å². The summed E-state index contributed by atoms with van der Waals surface area (Å²) in [7, 11) is 0. The lowest BCUT2D eigenvalue weighted by molar-refractivity contribution is 0.475. The Balaban J connectivity index is 1.79. The quantitative estimate of drug-likeness (QED) is 0.426. The van der Waals surface area contributed by atoms with Crippen LogP contribution in [-0.4, -0.2) is 11.7 Å². The van der Waals surface area contributed by atoms with E-state index in [0.717, 1.165) is 13.1 Å². The number of nitrogens with one attached hydrogen (secondary N) is 1. The first kappa shape index (κ1) is 19.0. The summed E-state index contributed by atoms with van der Waals surface area (Å²) in [6.07, 6.45) is 15.3. The van der Waals surface area contributed by atoms with Crippen LogP contribution >= 0.6 is 0 Å². The molecular weight excluding hydrogens is 270 g/mol. The van der Waals surface area contributed by atoms with Crippen LogP contribution in [0.5, 0.6) is 5.75 Å². The van der Waals surface area contributed by atoms with Gasteiger partial charge in [-0.3, -0.25) is 0 Å². The molecule has 0 amide bonds. The minimum absolute atomic E-state index is 0.342. The molecule has 0 atom stereocenters. The molecule has 0 heterocycles. The van der Waals surface area contributed by atoms with Crippen molar-refractivity contribution in [2.24, 2.45) is 0 Å². The highest BCUT2D eigenvalue weighted by molar-refractivity contribution is 5.25. The van der Waals surface area contributed by atoms with Gasteiger partial charge in [-0.05, 0) is 30.7 Å². The maximum Gasteiger partial charge on any atom is 0.115 e. The van der Waals surface area contributed by atoms with E-state index in [9.17, 15) is 5.11 Å². The molecule has 0 unspecified atom stereocenters. The number of benzene rings is 1. The average Bonchev–Trinajstić information content (AvgIpc) is 2.53. The van der Waals surface area contributed by atoms with Crippen LogP contribution in [0.2, 0.25) is 0 Å². The lowest BCUT2D eigenvalue weighted by Crippen LogP contribution is -2.14. The van der Waals surface area contributed by atoms with Crippen LogP contribution in [0, 0.1) is 0 Å². The molecule has 1 rings (SSSR count). The van der Waals surface area contributed by atoms with Gasteiger partial charge in [-0.15, -0.1) is 0 Å². The van der Waals surface area contributed by atoms with Crippen LogP contribution in [0.1, 0.15) is 83.1 Å². The number of aromatic hydroxyl groups is 1. The van der Waals surface area contributed by atoms with Gasteiger partial charge >= 0.3 is 0 Å². The highest BCUT2D eigenvalue weighted by Gasteiger charge is 1.95. The van der Waals surface area contributed by atoms with Gasteiger partial charge in [-0.2, -0.15) is 0 Å². The number of unbranched alkanes of at least 4 members (excludes halogenated alkanes) is 10. The van der Waals surface area contributed by atoms with Crippen molar-refractivity contribution in [1.82, 2.24) is 5.32 Å². The zero-order valence-electron chi connectivity index (χ0n) is 14.4. The molecular formula is C20H35NO. The summed E-state index contributed by atoms with van der Waals surface area (Å²) in [6.45, 7) is 4.27. The summed E-state index contributed by atoms with van der Waals surface area (Å²) in [4.78, 5) is 0. The highest BCUT2D eigenvalue weighted by atomic mass is 16.3. The second kappa shape index (κ2) is 13.6. The molecule has 0 aliphatic heterocycles. The van der Waals surface area contributed by atoms with Gasteiger partial charge in [0.05, 0.1) is 0 Å². The number of hydrogen-bond acceptors (Lipinski definition) is 2. The third-order valence-electron chi connectivity index (χ3n) is 4.22. The molecule has 1 aromatic carbocycles. The Kier molecular flexibility index (Phi) is 11.8. The zero-order chi connectivity index (χ0) is 15.9. The summed E-state index contributed by atoms with van der Waals surface area (Å²) in [5.74, 6) is 0.342. The Bertz CT molecular complexity index is 347. The van der Waals surface area contributed by atoms with E-state index in [0.29, 0.717) is 5.75 Å². The van der Waals surface area contributed by atoms with E-state index in [1.165, 1.54) is 76.2 Å². The predicted molar refractivity (Wildman–Crippen MR) is 96.3 cm³/mol. The van der Waals surface area contributed by atoms with Gasteiger partial charge in [-0.1, -0.05) is 83.3 Å². The second-order valence-electron chi connectivity index (χ2n) is 6.38. The summed E-state index contributed by atoms with van der Waals surface area (Å²) in [5.41, 5.74) is 1.24. The molecule has 0 aliphatic carbocycles. The van der Waals surface area contributed by atoms with Crippen LogP contribution < -0.4 is 5.32 Å². The monoisotopic (exact) mass is 305 g/mol. The Hall–Kier alpha value is -1.02. The van der Waals surface area contributed by atoms with E-state index in [-0.39, 0.29) is 0 Å². The van der Waals surface area contributed by atoms with Crippen LogP contribution in [0.15, 0.2) is 24.3 Å². The zero-order valence-corrected chi connectivity index (χ0v) is 14.4. The first-order valence-electron chi connectivity index (χ1n) is 9.31. The molecule has 0 aliphatic rings. The minimum atomic E-state index is 0.342. The second-order valence-corrected chi connectivity index (χ2v) is 6.38. The van der Waals surface area contributed by atoms with Gasteiger partial charge in [0.25, 0.3) is 0 Å². The SMILES string of the molecule is CCCCCCCCCCCCCNCc1ccc(O)cc1. The fraction of sp³-hybridized carbons (Fsp3) is 0.700. The molecule has 0 aromatic heterocycles. The minimum Gasteiger partial charge on any atom is -0.508 e.